The van der Waals surface area contributed by atoms with Crippen LogP contribution < -0.4 is 10.1 Å². The fourth-order valence-electron chi connectivity index (χ4n) is 3.48. The number of piperidine rings is 1. The number of nitrogens with zero attached hydrogens (tertiary/aromatic N) is 3. The van der Waals surface area contributed by atoms with Crippen molar-refractivity contribution in [3.05, 3.63) is 40.2 Å². The Bertz CT molecular complexity index is 904. The Morgan fingerprint density at radius 1 is 1.21 bits per heavy atom. The molecule has 0 spiro atoms. The van der Waals surface area contributed by atoms with Gasteiger partial charge in [-0.05, 0) is 58.2 Å². The molecule has 0 aliphatic carbocycles. The minimum Gasteiger partial charge on any atom is -0.492 e. The minimum atomic E-state index is -0.268. The summed E-state index contributed by atoms with van der Waals surface area (Å²) in [7, 11) is 0. The maximum Gasteiger partial charge on any atom is 0.253 e. The van der Waals surface area contributed by atoms with Crippen LogP contribution in [-0.2, 0) is 11.3 Å². The van der Waals surface area contributed by atoms with Gasteiger partial charge in [0.25, 0.3) is 5.91 Å². The van der Waals surface area contributed by atoms with E-state index < -0.39 is 0 Å². The molecule has 1 fully saturated rings. The SMILES string of the molecule is CCOc1ccc(C(=O)N2CCCCC2)cc1NC(=O)Cn1nc(C)c(Cl)c1C. The molecule has 7 nitrogen and oxygen atoms in total. The average molecular weight is 419 g/mol. The molecule has 8 heteroatoms. The van der Waals surface area contributed by atoms with Crippen molar-refractivity contribution in [3.8, 4) is 5.75 Å². The van der Waals surface area contributed by atoms with E-state index in [0.717, 1.165) is 38.0 Å². The Labute approximate surface area is 176 Å². The van der Waals surface area contributed by atoms with Crippen LogP contribution in [-0.4, -0.2) is 46.2 Å². The van der Waals surface area contributed by atoms with Crippen molar-refractivity contribution in [3.63, 3.8) is 0 Å². The number of hydrogen-bond acceptors (Lipinski definition) is 4. The summed E-state index contributed by atoms with van der Waals surface area (Å²) in [5, 5.41) is 7.71. The van der Waals surface area contributed by atoms with Gasteiger partial charge in [-0.3, -0.25) is 14.3 Å². The molecule has 1 aliphatic rings. The van der Waals surface area contributed by atoms with Crippen LogP contribution in [0, 0.1) is 13.8 Å². The fourth-order valence-corrected chi connectivity index (χ4v) is 3.61. The van der Waals surface area contributed by atoms with E-state index in [1.165, 1.54) is 0 Å². The van der Waals surface area contributed by atoms with Crippen LogP contribution in [0.4, 0.5) is 5.69 Å². The summed E-state index contributed by atoms with van der Waals surface area (Å²) in [4.78, 5) is 27.3. The number of aromatic nitrogens is 2. The van der Waals surface area contributed by atoms with Gasteiger partial charge in [0.1, 0.15) is 12.3 Å². The molecule has 2 amide bonds. The highest BCUT2D eigenvalue weighted by atomic mass is 35.5. The van der Waals surface area contributed by atoms with Gasteiger partial charge in [-0.15, -0.1) is 0 Å². The van der Waals surface area contributed by atoms with Crippen LogP contribution in [0.3, 0.4) is 0 Å². The number of carbonyl (C=O) groups excluding carboxylic acids is 2. The summed E-state index contributed by atoms with van der Waals surface area (Å²) in [5.74, 6) is 0.242. The van der Waals surface area contributed by atoms with Crippen LogP contribution in [0.2, 0.25) is 5.02 Å². The van der Waals surface area contributed by atoms with Crippen molar-refractivity contribution in [2.45, 2.75) is 46.6 Å². The van der Waals surface area contributed by atoms with Gasteiger partial charge in [-0.25, -0.2) is 0 Å². The molecule has 2 aromatic rings. The molecule has 1 aliphatic heterocycles. The molecule has 0 atom stereocenters. The molecule has 0 saturated carbocycles. The summed E-state index contributed by atoms with van der Waals surface area (Å²) in [6.07, 6.45) is 3.21. The lowest BCUT2D eigenvalue weighted by atomic mass is 10.1. The summed E-state index contributed by atoms with van der Waals surface area (Å²) in [6.45, 7) is 7.51. The first-order chi connectivity index (χ1) is 13.9. The lowest BCUT2D eigenvalue weighted by molar-refractivity contribution is -0.117. The topological polar surface area (TPSA) is 76.5 Å². The summed E-state index contributed by atoms with van der Waals surface area (Å²) >= 11 is 6.16. The standard InChI is InChI=1S/C21H27ClN4O3/c1-4-29-18-9-8-16(21(28)25-10-6-5-7-11-25)12-17(18)23-19(27)13-26-15(3)20(22)14(2)24-26/h8-9,12H,4-7,10-11,13H2,1-3H3,(H,23,27). The molecule has 1 saturated heterocycles. The van der Waals surface area contributed by atoms with Gasteiger partial charge in [0.15, 0.2) is 0 Å². The van der Waals surface area contributed by atoms with Gasteiger partial charge in [0.05, 0.1) is 28.7 Å². The molecule has 29 heavy (non-hydrogen) atoms. The van der Waals surface area contributed by atoms with Crippen molar-refractivity contribution in [1.29, 1.82) is 0 Å². The number of carbonyl (C=O) groups is 2. The van der Waals surface area contributed by atoms with Gasteiger partial charge in [-0.1, -0.05) is 11.6 Å². The Morgan fingerprint density at radius 2 is 1.93 bits per heavy atom. The Balaban J connectivity index is 1.79. The number of rotatable bonds is 6. The number of anilines is 1. The molecule has 2 heterocycles. The summed E-state index contributed by atoms with van der Waals surface area (Å²) < 4.78 is 7.20. The zero-order valence-electron chi connectivity index (χ0n) is 17.1. The third-order valence-electron chi connectivity index (χ3n) is 5.03. The van der Waals surface area contributed by atoms with Crippen LogP contribution in [0.1, 0.15) is 47.9 Å². The van der Waals surface area contributed by atoms with Crippen LogP contribution >= 0.6 is 11.6 Å². The zero-order chi connectivity index (χ0) is 21.0. The molecule has 1 aromatic carbocycles. The quantitative estimate of drug-likeness (QED) is 0.773. The van der Waals surface area contributed by atoms with E-state index in [4.69, 9.17) is 16.3 Å². The van der Waals surface area contributed by atoms with Gasteiger partial charge in [0.2, 0.25) is 5.91 Å². The zero-order valence-corrected chi connectivity index (χ0v) is 17.9. The highest BCUT2D eigenvalue weighted by Gasteiger charge is 2.20. The number of amides is 2. The van der Waals surface area contributed by atoms with Crippen molar-refractivity contribution < 1.29 is 14.3 Å². The molecular formula is C21H27ClN4O3. The van der Waals surface area contributed by atoms with E-state index in [1.54, 1.807) is 29.8 Å². The monoisotopic (exact) mass is 418 g/mol. The maximum absolute atomic E-state index is 12.8. The van der Waals surface area contributed by atoms with E-state index in [9.17, 15) is 9.59 Å². The lowest BCUT2D eigenvalue weighted by Crippen LogP contribution is -2.35. The van der Waals surface area contributed by atoms with Crippen LogP contribution in [0.5, 0.6) is 5.75 Å². The smallest absolute Gasteiger partial charge is 0.253 e. The molecule has 0 radical (unpaired) electrons. The van der Waals surface area contributed by atoms with Crippen LogP contribution in [0.15, 0.2) is 18.2 Å². The number of likely N-dealkylation sites (tertiary alicyclic amines) is 1. The van der Waals surface area contributed by atoms with E-state index in [-0.39, 0.29) is 18.4 Å². The normalized spacial score (nSPS) is 14.0. The molecule has 1 N–H and O–H groups in total. The van der Waals surface area contributed by atoms with Gasteiger partial charge in [0, 0.05) is 18.7 Å². The minimum absolute atomic E-state index is 0.0198. The number of benzene rings is 1. The van der Waals surface area contributed by atoms with Crippen LogP contribution in [0.25, 0.3) is 0 Å². The van der Waals surface area contributed by atoms with E-state index in [2.05, 4.69) is 10.4 Å². The second-order valence-corrected chi connectivity index (χ2v) is 7.57. The first kappa shape index (κ1) is 21.2. The molecule has 0 unspecified atom stereocenters. The second kappa shape index (κ2) is 9.31. The lowest BCUT2D eigenvalue weighted by Gasteiger charge is -2.27. The third kappa shape index (κ3) is 4.90. The van der Waals surface area contributed by atoms with E-state index in [0.29, 0.717) is 34.3 Å². The van der Waals surface area contributed by atoms with E-state index in [1.807, 2.05) is 18.7 Å². The largest absolute Gasteiger partial charge is 0.492 e. The number of ether oxygens (including phenoxy) is 1. The third-order valence-corrected chi connectivity index (χ3v) is 5.58. The highest BCUT2D eigenvalue weighted by molar-refractivity contribution is 6.31. The van der Waals surface area contributed by atoms with Crippen molar-refractivity contribution >= 4 is 29.1 Å². The predicted octanol–water partition coefficient (Wildman–Crippen LogP) is 3.82. The molecule has 1 aromatic heterocycles. The molecule has 0 bridgehead atoms. The van der Waals surface area contributed by atoms with Gasteiger partial charge < -0.3 is 15.0 Å². The predicted molar refractivity (Wildman–Crippen MR) is 113 cm³/mol. The number of halogens is 1. The summed E-state index contributed by atoms with van der Waals surface area (Å²) in [6, 6.07) is 5.17. The fraction of sp³-hybridized carbons (Fsp3) is 0.476. The van der Waals surface area contributed by atoms with Crippen molar-refractivity contribution in [2.24, 2.45) is 0 Å². The van der Waals surface area contributed by atoms with Crippen molar-refractivity contribution in [1.82, 2.24) is 14.7 Å². The van der Waals surface area contributed by atoms with Gasteiger partial charge >= 0.3 is 0 Å². The maximum atomic E-state index is 12.8. The highest BCUT2D eigenvalue weighted by Crippen LogP contribution is 2.27. The first-order valence-corrected chi connectivity index (χ1v) is 10.3. The number of nitrogens with one attached hydrogen (secondary N) is 1. The number of hydrogen-bond donors (Lipinski definition) is 1. The van der Waals surface area contributed by atoms with Crippen molar-refractivity contribution in [2.75, 3.05) is 25.0 Å². The Hall–Kier alpha value is -2.54. The molecule has 3 rings (SSSR count). The average Bonchev–Trinajstić information content (AvgIpc) is 2.96. The Morgan fingerprint density at radius 3 is 2.55 bits per heavy atom. The first-order valence-electron chi connectivity index (χ1n) is 9.96. The number of aryl methyl sites for hydroxylation is 1. The summed E-state index contributed by atoms with van der Waals surface area (Å²) in [5.41, 5.74) is 2.44. The molecule has 156 valence electrons. The van der Waals surface area contributed by atoms with Gasteiger partial charge in [-0.2, -0.15) is 5.10 Å². The Kier molecular flexibility index (Phi) is 6.79. The molecular weight excluding hydrogens is 392 g/mol. The van der Waals surface area contributed by atoms with E-state index >= 15 is 0 Å². The second-order valence-electron chi connectivity index (χ2n) is 7.19.